The highest BCUT2D eigenvalue weighted by atomic mass is 28.3. The first-order chi connectivity index (χ1) is 17.6. The molecule has 0 N–H and O–H groups in total. The van der Waals surface area contributed by atoms with Crippen molar-refractivity contribution in [2.24, 2.45) is 0 Å². The third kappa shape index (κ3) is 8.42. The van der Waals surface area contributed by atoms with Gasteiger partial charge in [0.25, 0.3) is 0 Å². The number of nitrogens with zero attached hydrogens (tertiary/aromatic N) is 4. The molecule has 0 saturated carbocycles. The monoisotopic (exact) mass is 548 g/mol. The molecular formula is C26H44N4O5Si2. The second-order valence-corrected chi connectivity index (χ2v) is 23.6. The third-order valence-electron chi connectivity index (χ3n) is 6.45. The maximum Gasteiger partial charge on any atom is 0.189 e. The van der Waals surface area contributed by atoms with Crippen LogP contribution in [0.15, 0.2) is 12.1 Å². The number of hydrogen-bond acceptors (Lipinski definition) is 8. The van der Waals surface area contributed by atoms with E-state index in [0.717, 1.165) is 73.2 Å². The van der Waals surface area contributed by atoms with E-state index >= 15 is 0 Å². The predicted molar refractivity (Wildman–Crippen MR) is 148 cm³/mol. The van der Waals surface area contributed by atoms with Crippen LogP contribution >= 0.6 is 0 Å². The van der Waals surface area contributed by atoms with Crippen molar-refractivity contribution < 1.29 is 23.7 Å². The van der Waals surface area contributed by atoms with Crippen molar-refractivity contribution in [1.82, 2.24) is 20.0 Å². The quantitative estimate of drug-likeness (QED) is 0.195. The summed E-state index contributed by atoms with van der Waals surface area (Å²) in [6, 6.07) is 5.05. The van der Waals surface area contributed by atoms with Crippen molar-refractivity contribution >= 4 is 16.1 Å². The molecule has 0 spiro atoms. The van der Waals surface area contributed by atoms with Gasteiger partial charge < -0.3 is 23.7 Å². The van der Waals surface area contributed by atoms with E-state index in [-0.39, 0.29) is 19.0 Å². The topological polar surface area (TPSA) is 89.8 Å². The Kier molecular flexibility index (Phi) is 9.57. The molecule has 1 unspecified atom stereocenters. The molecule has 0 radical (unpaired) electrons. The summed E-state index contributed by atoms with van der Waals surface area (Å²) < 4.78 is 31.3. The van der Waals surface area contributed by atoms with Crippen LogP contribution in [0.2, 0.25) is 45.3 Å². The van der Waals surface area contributed by atoms with Crippen LogP contribution in [0.5, 0.6) is 5.75 Å². The van der Waals surface area contributed by atoms with Crippen molar-refractivity contribution in [3.05, 3.63) is 23.5 Å². The Hall–Kier alpha value is -1.64. The molecule has 2 fully saturated rings. The highest BCUT2D eigenvalue weighted by molar-refractivity contribution is 6.76. The second-order valence-electron chi connectivity index (χ2n) is 12.5. The van der Waals surface area contributed by atoms with E-state index in [9.17, 15) is 0 Å². The van der Waals surface area contributed by atoms with Crippen LogP contribution in [0.25, 0.3) is 11.4 Å². The molecule has 9 nitrogen and oxygen atoms in total. The first-order valence-electron chi connectivity index (χ1n) is 13.5. The normalized spacial score (nSPS) is 19.1. The summed E-state index contributed by atoms with van der Waals surface area (Å²) in [5.74, 6) is 0.942. The Morgan fingerprint density at radius 1 is 1.05 bits per heavy atom. The van der Waals surface area contributed by atoms with E-state index < -0.39 is 16.1 Å². The first-order valence-corrected chi connectivity index (χ1v) is 21.0. The second kappa shape index (κ2) is 12.5. The van der Waals surface area contributed by atoms with Gasteiger partial charge in [0.15, 0.2) is 13.1 Å². The zero-order valence-electron chi connectivity index (χ0n) is 23.4. The average Bonchev–Trinajstić information content (AvgIpc) is 3.17. The van der Waals surface area contributed by atoms with Crippen LogP contribution in [0.1, 0.15) is 36.6 Å². The minimum atomic E-state index is -1.45. The summed E-state index contributed by atoms with van der Waals surface area (Å²) in [7, 11) is -2.58. The van der Waals surface area contributed by atoms with Crippen LogP contribution in [0.4, 0.5) is 0 Å². The van der Waals surface area contributed by atoms with E-state index in [1.54, 1.807) is 0 Å². The standard InChI is InChI=1S/C26H44N4O5Si2/c1-36(2,3)14-13-31-19-35-23-11-10-21(27-25(23)20-15-32-16-20)26-22(17-34-24-9-7-8-12-33-24)30(29-28-26)18-37(4,5)6/h10-11,20,24H,7-9,12-19H2,1-6H3. The largest absolute Gasteiger partial charge is 0.466 e. The van der Waals surface area contributed by atoms with Crippen LogP contribution in [-0.2, 0) is 31.7 Å². The van der Waals surface area contributed by atoms with Crippen LogP contribution in [-0.4, -0.2) is 75.6 Å². The van der Waals surface area contributed by atoms with Crippen molar-refractivity contribution in [3.63, 3.8) is 0 Å². The van der Waals surface area contributed by atoms with Crippen LogP contribution < -0.4 is 4.74 Å². The molecule has 4 rings (SSSR count). The number of rotatable bonds is 13. The van der Waals surface area contributed by atoms with E-state index in [0.29, 0.717) is 19.8 Å². The molecule has 11 heteroatoms. The number of pyridine rings is 1. The smallest absolute Gasteiger partial charge is 0.189 e. The van der Waals surface area contributed by atoms with Gasteiger partial charge in [-0.1, -0.05) is 44.5 Å². The Morgan fingerprint density at radius 2 is 1.86 bits per heavy atom. The van der Waals surface area contributed by atoms with Gasteiger partial charge in [-0.15, -0.1) is 5.10 Å². The van der Waals surface area contributed by atoms with E-state index in [1.807, 2.05) is 16.8 Å². The Labute approximate surface area is 223 Å². The summed E-state index contributed by atoms with van der Waals surface area (Å²) in [6.45, 7) is 17.4. The SMILES string of the molecule is C[Si](C)(C)CCOCOc1ccc(-c2nnn(C[Si](C)(C)C)c2COC2CCCCO2)nc1C1COC1. The lowest BCUT2D eigenvalue weighted by Crippen LogP contribution is -2.30. The lowest BCUT2D eigenvalue weighted by molar-refractivity contribution is -0.169. The first kappa shape index (κ1) is 28.4. The van der Waals surface area contributed by atoms with Gasteiger partial charge in [0.1, 0.15) is 11.4 Å². The molecule has 2 aliphatic heterocycles. The lowest BCUT2D eigenvalue weighted by atomic mass is 10.0. The van der Waals surface area contributed by atoms with Crippen LogP contribution in [0.3, 0.4) is 0 Å². The van der Waals surface area contributed by atoms with Gasteiger partial charge in [-0.05, 0) is 37.4 Å². The van der Waals surface area contributed by atoms with Gasteiger partial charge in [-0.2, -0.15) is 0 Å². The molecule has 206 valence electrons. The molecule has 0 amide bonds. The number of aromatic nitrogens is 4. The molecule has 2 aromatic heterocycles. The predicted octanol–water partition coefficient (Wildman–Crippen LogP) is 5.07. The van der Waals surface area contributed by atoms with E-state index in [4.69, 9.17) is 28.7 Å². The highest BCUT2D eigenvalue weighted by Gasteiger charge is 2.28. The van der Waals surface area contributed by atoms with Gasteiger partial charge in [-0.3, -0.25) is 0 Å². The molecule has 2 aromatic rings. The Bertz CT molecular complexity index is 1010. The van der Waals surface area contributed by atoms with Crippen molar-refractivity contribution in [2.75, 3.05) is 33.2 Å². The number of ether oxygens (including phenoxy) is 5. The lowest BCUT2D eigenvalue weighted by Gasteiger charge is -2.27. The Morgan fingerprint density at radius 3 is 2.51 bits per heavy atom. The molecule has 4 heterocycles. The summed E-state index contributed by atoms with van der Waals surface area (Å²) >= 11 is 0. The van der Waals surface area contributed by atoms with Crippen molar-refractivity contribution in [3.8, 4) is 17.1 Å². The molecule has 0 aromatic carbocycles. The minimum Gasteiger partial charge on any atom is -0.466 e. The maximum atomic E-state index is 6.18. The van der Waals surface area contributed by atoms with Gasteiger partial charge in [0.2, 0.25) is 0 Å². The maximum absolute atomic E-state index is 6.18. The molecule has 0 aliphatic carbocycles. The van der Waals surface area contributed by atoms with Gasteiger partial charge in [0.05, 0.1) is 50.9 Å². The fraction of sp³-hybridized carbons (Fsp3) is 0.731. The summed E-state index contributed by atoms with van der Waals surface area (Å²) in [5, 5.41) is 9.11. The molecule has 2 saturated heterocycles. The fourth-order valence-electron chi connectivity index (χ4n) is 4.21. The molecule has 1 atom stereocenters. The van der Waals surface area contributed by atoms with E-state index in [1.165, 1.54) is 0 Å². The summed E-state index contributed by atoms with van der Waals surface area (Å²) in [5.41, 5.74) is 3.37. The summed E-state index contributed by atoms with van der Waals surface area (Å²) in [6.07, 6.45) is 3.83. The zero-order valence-corrected chi connectivity index (χ0v) is 25.4. The van der Waals surface area contributed by atoms with Crippen molar-refractivity contribution in [1.29, 1.82) is 0 Å². The molecule has 37 heavy (non-hydrogen) atoms. The zero-order chi connectivity index (χ0) is 26.5. The van der Waals surface area contributed by atoms with Gasteiger partial charge in [-0.25, -0.2) is 9.67 Å². The number of hydrogen-bond donors (Lipinski definition) is 0. The van der Waals surface area contributed by atoms with Gasteiger partial charge in [0, 0.05) is 27.5 Å². The minimum absolute atomic E-state index is 0.177. The average molecular weight is 549 g/mol. The van der Waals surface area contributed by atoms with E-state index in [2.05, 4.69) is 49.6 Å². The van der Waals surface area contributed by atoms with Gasteiger partial charge >= 0.3 is 0 Å². The van der Waals surface area contributed by atoms with Crippen molar-refractivity contribution in [2.45, 2.75) is 89.6 Å². The highest BCUT2D eigenvalue weighted by Crippen LogP contribution is 2.33. The molecular weight excluding hydrogens is 504 g/mol. The third-order valence-corrected chi connectivity index (χ3v) is 9.41. The Balaban J connectivity index is 1.53. The fourth-order valence-corrected chi connectivity index (χ4v) is 6.12. The summed E-state index contributed by atoms with van der Waals surface area (Å²) in [4.78, 5) is 5.02. The van der Waals surface area contributed by atoms with Crippen LogP contribution in [0, 0.1) is 0 Å². The molecule has 2 aliphatic rings. The molecule has 0 bridgehead atoms.